The maximum absolute atomic E-state index is 12.5. The lowest BCUT2D eigenvalue weighted by atomic mass is 10.0. The second-order valence-electron chi connectivity index (χ2n) is 4.23. The molecule has 0 radical (unpaired) electrons. The van der Waals surface area contributed by atoms with Crippen molar-refractivity contribution in [1.82, 2.24) is 0 Å². The molecule has 0 aliphatic heterocycles. The van der Waals surface area contributed by atoms with E-state index in [4.69, 9.17) is 0 Å². The summed E-state index contributed by atoms with van der Waals surface area (Å²) < 4.78 is 1.96. The topological polar surface area (TPSA) is 17.1 Å². The van der Waals surface area contributed by atoms with Gasteiger partial charge in [0.2, 0.25) is 0 Å². The zero-order chi connectivity index (χ0) is 14.7. The Kier molecular flexibility index (Phi) is 6.02. The molecule has 2 atom stereocenters. The Morgan fingerprint density at radius 1 is 0.900 bits per heavy atom. The number of alkyl halides is 2. The molecule has 104 valence electrons. The fourth-order valence-corrected chi connectivity index (χ4v) is 3.53. The van der Waals surface area contributed by atoms with Crippen LogP contribution in [0.25, 0.3) is 0 Å². The molecule has 0 fully saturated rings. The minimum absolute atomic E-state index is 0.0550. The number of Topliss-reactive ketones (excluding diaryl/α,β-unsaturated/α-hetero) is 1. The van der Waals surface area contributed by atoms with Crippen LogP contribution in [0.15, 0.2) is 57.5 Å². The summed E-state index contributed by atoms with van der Waals surface area (Å²) in [7, 11) is 0. The van der Waals surface area contributed by atoms with Crippen LogP contribution in [0.5, 0.6) is 0 Å². The van der Waals surface area contributed by atoms with Crippen LogP contribution in [-0.4, -0.2) is 10.6 Å². The van der Waals surface area contributed by atoms with E-state index in [1.165, 1.54) is 0 Å². The highest BCUT2D eigenvalue weighted by atomic mass is 79.9. The van der Waals surface area contributed by atoms with Crippen molar-refractivity contribution in [2.75, 3.05) is 0 Å². The lowest BCUT2D eigenvalue weighted by molar-refractivity contribution is 0.0991. The number of hydrogen-bond acceptors (Lipinski definition) is 1. The van der Waals surface area contributed by atoms with E-state index in [9.17, 15) is 4.79 Å². The van der Waals surface area contributed by atoms with Crippen molar-refractivity contribution in [3.8, 4) is 0 Å². The zero-order valence-corrected chi connectivity index (χ0v) is 16.5. The number of carbonyl (C=O) groups excluding carboxylic acids is 1. The van der Waals surface area contributed by atoms with Gasteiger partial charge < -0.3 is 0 Å². The highest BCUT2D eigenvalue weighted by molar-refractivity contribution is 9.12. The molecule has 0 aliphatic rings. The van der Waals surface area contributed by atoms with E-state index in [0.717, 1.165) is 14.5 Å². The number of rotatable bonds is 4. The van der Waals surface area contributed by atoms with Crippen LogP contribution in [0.1, 0.15) is 20.7 Å². The van der Waals surface area contributed by atoms with Crippen LogP contribution < -0.4 is 0 Å². The van der Waals surface area contributed by atoms with Crippen molar-refractivity contribution in [2.45, 2.75) is 9.65 Å². The number of ketones is 1. The molecule has 2 aromatic rings. The predicted molar refractivity (Wildman–Crippen MR) is 97.0 cm³/mol. The van der Waals surface area contributed by atoms with Crippen LogP contribution in [0.3, 0.4) is 0 Å². The first kappa shape index (κ1) is 16.4. The van der Waals surface area contributed by atoms with Crippen LogP contribution in [0.2, 0.25) is 0 Å². The third kappa shape index (κ3) is 4.03. The van der Waals surface area contributed by atoms with Gasteiger partial charge >= 0.3 is 0 Å². The molecular weight excluding hydrogens is 516 g/mol. The number of halogens is 4. The Balaban J connectivity index is 2.20. The van der Waals surface area contributed by atoms with Crippen molar-refractivity contribution < 1.29 is 4.79 Å². The SMILES string of the molecule is O=C(c1ccc(Br)cc1)[C@@H](Br)[C@@H](Br)c1cccc(Br)c1. The highest BCUT2D eigenvalue weighted by Gasteiger charge is 2.26. The van der Waals surface area contributed by atoms with Gasteiger partial charge in [0.1, 0.15) is 0 Å². The van der Waals surface area contributed by atoms with Gasteiger partial charge in [-0.1, -0.05) is 88.0 Å². The summed E-state index contributed by atoms with van der Waals surface area (Å²) in [4.78, 5) is 12.0. The van der Waals surface area contributed by atoms with Crippen LogP contribution in [-0.2, 0) is 0 Å². The summed E-state index contributed by atoms with van der Waals surface area (Å²) in [6.07, 6.45) is 0. The average molecular weight is 526 g/mol. The first-order valence-electron chi connectivity index (χ1n) is 5.82. The van der Waals surface area contributed by atoms with Gasteiger partial charge in [-0.3, -0.25) is 4.79 Å². The Hall–Kier alpha value is 0.0300. The first-order chi connectivity index (χ1) is 9.49. The molecule has 0 amide bonds. The molecule has 0 unspecified atom stereocenters. The lowest BCUT2D eigenvalue weighted by Gasteiger charge is -2.16. The molecule has 0 saturated carbocycles. The fourth-order valence-electron chi connectivity index (χ4n) is 1.75. The van der Waals surface area contributed by atoms with E-state index in [0.29, 0.717) is 5.56 Å². The molecule has 20 heavy (non-hydrogen) atoms. The molecule has 0 bridgehead atoms. The lowest BCUT2D eigenvalue weighted by Crippen LogP contribution is -2.19. The van der Waals surface area contributed by atoms with Gasteiger partial charge in [0.25, 0.3) is 0 Å². The number of carbonyl (C=O) groups is 1. The Morgan fingerprint density at radius 3 is 2.15 bits per heavy atom. The van der Waals surface area contributed by atoms with Gasteiger partial charge in [0, 0.05) is 14.5 Å². The Morgan fingerprint density at radius 2 is 1.55 bits per heavy atom. The summed E-state index contributed by atoms with van der Waals surface area (Å²) in [5.74, 6) is 0.0550. The third-order valence-electron chi connectivity index (χ3n) is 2.80. The molecule has 0 N–H and O–H groups in total. The standard InChI is InChI=1S/C15H10Br4O/c16-11-6-4-9(5-7-11)15(20)14(19)13(18)10-2-1-3-12(17)8-10/h1-8,13-14H/t13-,14-/m0/s1. The van der Waals surface area contributed by atoms with E-state index in [1.807, 2.05) is 48.5 Å². The van der Waals surface area contributed by atoms with E-state index >= 15 is 0 Å². The molecule has 0 aliphatic carbocycles. The van der Waals surface area contributed by atoms with Gasteiger partial charge in [0.05, 0.1) is 9.65 Å². The smallest absolute Gasteiger partial charge is 0.177 e. The average Bonchev–Trinajstić information content (AvgIpc) is 2.46. The molecule has 0 spiro atoms. The van der Waals surface area contributed by atoms with Crippen molar-refractivity contribution >= 4 is 69.5 Å². The molecule has 2 aromatic carbocycles. The molecular formula is C15H10Br4O. The van der Waals surface area contributed by atoms with Gasteiger partial charge in [-0.15, -0.1) is 0 Å². The molecule has 0 saturated heterocycles. The quantitative estimate of drug-likeness (QED) is 0.338. The second-order valence-corrected chi connectivity index (χ2v) is 8.03. The second kappa shape index (κ2) is 7.34. The largest absolute Gasteiger partial charge is 0.293 e. The monoisotopic (exact) mass is 522 g/mol. The van der Waals surface area contributed by atoms with E-state index in [2.05, 4.69) is 63.7 Å². The van der Waals surface area contributed by atoms with Gasteiger partial charge in [-0.2, -0.15) is 0 Å². The third-order valence-corrected chi connectivity index (χ3v) is 6.54. The van der Waals surface area contributed by atoms with Crippen molar-refractivity contribution in [3.63, 3.8) is 0 Å². The maximum atomic E-state index is 12.5. The van der Waals surface area contributed by atoms with E-state index in [1.54, 1.807) is 0 Å². The molecule has 2 rings (SSSR count). The van der Waals surface area contributed by atoms with Crippen LogP contribution >= 0.6 is 63.7 Å². The zero-order valence-electron chi connectivity index (χ0n) is 10.2. The van der Waals surface area contributed by atoms with Crippen LogP contribution in [0, 0.1) is 0 Å². The number of benzene rings is 2. The van der Waals surface area contributed by atoms with Gasteiger partial charge in [-0.05, 0) is 29.8 Å². The van der Waals surface area contributed by atoms with E-state index < -0.39 is 0 Å². The van der Waals surface area contributed by atoms with Crippen molar-refractivity contribution in [2.24, 2.45) is 0 Å². The Labute approximate surface area is 151 Å². The normalized spacial score (nSPS) is 13.8. The summed E-state index contributed by atoms with van der Waals surface area (Å²) in [5.41, 5.74) is 1.74. The van der Waals surface area contributed by atoms with Gasteiger partial charge in [0.15, 0.2) is 5.78 Å². The van der Waals surface area contributed by atoms with Crippen LogP contribution in [0.4, 0.5) is 0 Å². The minimum atomic E-state index is -0.321. The minimum Gasteiger partial charge on any atom is -0.293 e. The predicted octanol–water partition coefficient (Wildman–Crippen LogP) is 6.29. The van der Waals surface area contributed by atoms with Gasteiger partial charge in [-0.25, -0.2) is 0 Å². The summed E-state index contributed by atoms with van der Waals surface area (Å²) in [6, 6.07) is 15.3. The highest BCUT2D eigenvalue weighted by Crippen LogP contribution is 2.34. The van der Waals surface area contributed by atoms with E-state index in [-0.39, 0.29) is 15.4 Å². The van der Waals surface area contributed by atoms with Crippen molar-refractivity contribution in [3.05, 3.63) is 68.6 Å². The summed E-state index contributed by atoms with van der Waals surface area (Å²) in [6.45, 7) is 0. The summed E-state index contributed by atoms with van der Waals surface area (Å²) in [5, 5.41) is 0. The molecule has 5 heteroatoms. The molecule has 0 heterocycles. The molecule has 0 aromatic heterocycles. The Bertz CT molecular complexity index is 610. The summed E-state index contributed by atoms with van der Waals surface area (Å²) >= 11 is 13.9. The number of hydrogen-bond donors (Lipinski definition) is 0. The van der Waals surface area contributed by atoms with Crippen molar-refractivity contribution in [1.29, 1.82) is 0 Å². The first-order valence-corrected chi connectivity index (χ1v) is 9.24. The maximum Gasteiger partial charge on any atom is 0.177 e. The molecule has 1 nitrogen and oxygen atoms in total. The fraction of sp³-hybridized carbons (Fsp3) is 0.133.